The Balaban J connectivity index is 1.87. The Morgan fingerprint density at radius 3 is 2.75 bits per heavy atom. The molecule has 2 N–H and O–H groups in total. The molecule has 0 unspecified atom stereocenters. The van der Waals surface area contributed by atoms with Crippen LogP contribution < -0.4 is 10.6 Å². The van der Waals surface area contributed by atoms with Crippen molar-refractivity contribution in [1.29, 1.82) is 5.26 Å². The molecule has 0 atom stereocenters. The smallest absolute Gasteiger partial charge is 0.181 e. The van der Waals surface area contributed by atoms with Crippen molar-refractivity contribution in [1.82, 2.24) is 5.32 Å². The Hall–Kier alpha value is -2.23. The first kappa shape index (κ1) is 14.2. The zero-order valence-corrected chi connectivity index (χ0v) is 12.1. The molecule has 1 aromatic heterocycles. The molecule has 0 spiro atoms. The van der Waals surface area contributed by atoms with Crippen molar-refractivity contribution < 1.29 is 4.79 Å². The molecule has 4 nitrogen and oxygen atoms in total. The Kier molecular flexibility index (Phi) is 4.82. The number of nitrogens with zero attached hydrogens (tertiary/aromatic N) is 1. The molecule has 0 amide bonds. The summed E-state index contributed by atoms with van der Waals surface area (Å²) >= 11 is 6.49. The van der Waals surface area contributed by atoms with E-state index in [1.165, 1.54) is 11.3 Å². The topological polar surface area (TPSA) is 64.9 Å². The van der Waals surface area contributed by atoms with Gasteiger partial charge in [0.05, 0.1) is 12.1 Å². The maximum Gasteiger partial charge on any atom is 0.181 e. The lowest BCUT2D eigenvalue weighted by molar-refractivity contribution is 0.0996. The Morgan fingerprint density at radius 2 is 2.05 bits per heavy atom. The van der Waals surface area contributed by atoms with Gasteiger partial charge in [-0.1, -0.05) is 30.3 Å². The number of thiophene rings is 1. The van der Waals surface area contributed by atoms with Crippen molar-refractivity contribution >= 4 is 39.5 Å². The number of anilines is 1. The predicted octanol–water partition coefficient (Wildman–Crippen LogP) is 2.79. The second-order valence-electron chi connectivity index (χ2n) is 3.87. The molecule has 0 saturated heterocycles. The van der Waals surface area contributed by atoms with Gasteiger partial charge in [-0.05, 0) is 23.7 Å². The molecule has 1 aromatic carbocycles. The fraction of sp³-hybridized carbons (Fsp3) is 0.0714. The molecule has 6 heteroatoms. The highest BCUT2D eigenvalue weighted by Crippen LogP contribution is 2.21. The van der Waals surface area contributed by atoms with E-state index in [9.17, 15) is 4.79 Å². The molecule has 0 fully saturated rings. The van der Waals surface area contributed by atoms with Gasteiger partial charge in [-0.25, -0.2) is 0 Å². The third-order valence-corrected chi connectivity index (χ3v) is 3.59. The SMILES string of the molecule is N#Cc1ccsc1NC(=S)NCC(=O)c1ccccc1. The van der Waals surface area contributed by atoms with Gasteiger partial charge in [0, 0.05) is 5.56 Å². The number of ketones is 1. The largest absolute Gasteiger partial charge is 0.355 e. The van der Waals surface area contributed by atoms with Crippen molar-refractivity contribution in [2.45, 2.75) is 0 Å². The van der Waals surface area contributed by atoms with Crippen molar-refractivity contribution in [2.24, 2.45) is 0 Å². The summed E-state index contributed by atoms with van der Waals surface area (Å²) in [6, 6.07) is 12.8. The fourth-order valence-electron chi connectivity index (χ4n) is 1.53. The van der Waals surface area contributed by atoms with E-state index < -0.39 is 0 Å². The Bertz CT molecular complexity index is 659. The van der Waals surface area contributed by atoms with E-state index in [2.05, 4.69) is 16.7 Å². The number of benzene rings is 1. The van der Waals surface area contributed by atoms with Gasteiger partial charge in [-0.3, -0.25) is 4.79 Å². The van der Waals surface area contributed by atoms with Crippen LogP contribution in [-0.4, -0.2) is 17.4 Å². The summed E-state index contributed by atoms with van der Waals surface area (Å²) in [4.78, 5) is 11.9. The van der Waals surface area contributed by atoms with Gasteiger partial charge in [-0.15, -0.1) is 11.3 Å². The van der Waals surface area contributed by atoms with Crippen LogP contribution in [0.4, 0.5) is 5.00 Å². The van der Waals surface area contributed by atoms with E-state index in [0.29, 0.717) is 21.2 Å². The molecule has 0 radical (unpaired) electrons. The van der Waals surface area contributed by atoms with Gasteiger partial charge in [-0.2, -0.15) is 5.26 Å². The molecular weight excluding hydrogens is 290 g/mol. The van der Waals surface area contributed by atoms with Crippen molar-refractivity contribution in [3.8, 4) is 6.07 Å². The molecule has 1 heterocycles. The number of carbonyl (C=O) groups is 1. The zero-order valence-electron chi connectivity index (χ0n) is 10.4. The summed E-state index contributed by atoms with van der Waals surface area (Å²) in [6.07, 6.45) is 0. The molecule has 2 rings (SSSR count). The summed E-state index contributed by atoms with van der Waals surface area (Å²) in [5, 5.41) is 17.4. The number of nitrogens with one attached hydrogen (secondary N) is 2. The molecule has 20 heavy (non-hydrogen) atoms. The minimum Gasteiger partial charge on any atom is -0.355 e. The summed E-state index contributed by atoms with van der Waals surface area (Å²) in [7, 11) is 0. The van der Waals surface area contributed by atoms with Crippen LogP contribution in [0.1, 0.15) is 15.9 Å². The van der Waals surface area contributed by atoms with Gasteiger partial charge >= 0.3 is 0 Å². The second kappa shape index (κ2) is 6.80. The first-order chi connectivity index (χ1) is 9.70. The molecule has 0 aliphatic carbocycles. The van der Waals surface area contributed by atoms with Crippen LogP contribution in [0, 0.1) is 11.3 Å². The second-order valence-corrected chi connectivity index (χ2v) is 5.20. The van der Waals surface area contributed by atoms with E-state index in [4.69, 9.17) is 17.5 Å². The number of hydrogen-bond donors (Lipinski definition) is 2. The molecule has 100 valence electrons. The zero-order chi connectivity index (χ0) is 14.4. The first-order valence-corrected chi connectivity index (χ1v) is 7.10. The van der Waals surface area contributed by atoms with Crippen molar-refractivity contribution in [2.75, 3.05) is 11.9 Å². The predicted molar refractivity (Wildman–Crippen MR) is 84.0 cm³/mol. The van der Waals surface area contributed by atoms with Gasteiger partial charge in [0.15, 0.2) is 10.9 Å². The van der Waals surface area contributed by atoms with Crippen LogP contribution in [-0.2, 0) is 0 Å². The first-order valence-electron chi connectivity index (χ1n) is 5.81. The lowest BCUT2D eigenvalue weighted by Crippen LogP contribution is -2.33. The number of nitriles is 1. The average Bonchev–Trinajstić information content (AvgIpc) is 2.92. The molecule has 0 saturated carbocycles. The number of Topliss-reactive ketones (excluding diaryl/α,β-unsaturated/α-hetero) is 1. The van der Waals surface area contributed by atoms with Crippen molar-refractivity contribution in [3.63, 3.8) is 0 Å². The molecule has 0 bridgehead atoms. The van der Waals surface area contributed by atoms with E-state index in [1.807, 2.05) is 18.2 Å². The fourth-order valence-corrected chi connectivity index (χ4v) is 2.51. The number of thiocarbonyl (C=S) groups is 1. The van der Waals surface area contributed by atoms with Crippen LogP contribution in [0.15, 0.2) is 41.8 Å². The van der Waals surface area contributed by atoms with Crippen LogP contribution in [0.2, 0.25) is 0 Å². The number of carbonyl (C=O) groups excluding carboxylic acids is 1. The Labute approximate surface area is 126 Å². The van der Waals surface area contributed by atoms with Crippen LogP contribution in [0.3, 0.4) is 0 Å². The maximum absolute atomic E-state index is 11.9. The van der Waals surface area contributed by atoms with Crippen molar-refractivity contribution in [3.05, 3.63) is 52.9 Å². The highest BCUT2D eigenvalue weighted by Gasteiger charge is 2.08. The quantitative estimate of drug-likeness (QED) is 0.671. The molecule has 2 aromatic rings. The van der Waals surface area contributed by atoms with E-state index in [0.717, 1.165) is 0 Å². The summed E-state index contributed by atoms with van der Waals surface area (Å²) < 4.78 is 0. The van der Waals surface area contributed by atoms with Gasteiger partial charge in [0.25, 0.3) is 0 Å². The monoisotopic (exact) mass is 301 g/mol. The lowest BCUT2D eigenvalue weighted by Gasteiger charge is -2.08. The average molecular weight is 301 g/mol. The lowest BCUT2D eigenvalue weighted by atomic mass is 10.1. The normalized spacial score (nSPS) is 9.55. The van der Waals surface area contributed by atoms with Crippen LogP contribution >= 0.6 is 23.6 Å². The highest BCUT2D eigenvalue weighted by molar-refractivity contribution is 7.80. The van der Waals surface area contributed by atoms with Gasteiger partial charge < -0.3 is 10.6 Å². The van der Waals surface area contributed by atoms with Gasteiger partial charge in [0.1, 0.15) is 11.1 Å². The third kappa shape index (κ3) is 3.63. The van der Waals surface area contributed by atoms with E-state index >= 15 is 0 Å². The minimum atomic E-state index is -0.0403. The molecular formula is C14H11N3OS2. The highest BCUT2D eigenvalue weighted by atomic mass is 32.1. The minimum absolute atomic E-state index is 0.0403. The third-order valence-electron chi connectivity index (χ3n) is 2.52. The van der Waals surface area contributed by atoms with Crippen LogP contribution in [0.25, 0.3) is 0 Å². The van der Waals surface area contributed by atoms with E-state index in [-0.39, 0.29) is 12.3 Å². The number of hydrogen-bond acceptors (Lipinski definition) is 4. The van der Waals surface area contributed by atoms with E-state index in [1.54, 1.807) is 23.6 Å². The Morgan fingerprint density at radius 1 is 1.30 bits per heavy atom. The summed E-state index contributed by atoms with van der Waals surface area (Å²) in [5.74, 6) is -0.0403. The summed E-state index contributed by atoms with van der Waals surface area (Å²) in [6.45, 7) is 0.114. The molecule has 0 aliphatic rings. The summed E-state index contributed by atoms with van der Waals surface area (Å²) in [5.41, 5.74) is 1.17. The maximum atomic E-state index is 11.9. The number of rotatable bonds is 4. The standard InChI is InChI=1S/C14H11N3OS2/c15-8-11-6-7-20-13(11)17-14(19)16-9-12(18)10-4-2-1-3-5-10/h1-7H,9H2,(H2,16,17,19). The molecule has 0 aliphatic heterocycles. The van der Waals surface area contributed by atoms with Crippen LogP contribution in [0.5, 0.6) is 0 Å². The van der Waals surface area contributed by atoms with Gasteiger partial charge in [0.2, 0.25) is 0 Å².